The van der Waals surface area contributed by atoms with Crippen molar-refractivity contribution in [3.05, 3.63) is 0 Å². The number of carbonyl (C=O) groups excluding carboxylic acids is 2. The Morgan fingerprint density at radius 3 is 0.815 bits per heavy atom. The van der Waals surface area contributed by atoms with Gasteiger partial charge in [0, 0.05) is 52.1 Å². The van der Waals surface area contributed by atoms with Gasteiger partial charge in [0.2, 0.25) is 0 Å². The number of ether oxygens (including phenoxy) is 2. The molecule has 0 bridgehead atoms. The summed E-state index contributed by atoms with van der Waals surface area (Å²) in [4.78, 5) is 33.3. The molecule has 0 spiro atoms. The van der Waals surface area contributed by atoms with E-state index in [4.69, 9.17) is 19.7 Å². The minimum Gasteiger partial charge on any atom is -0.463 e. The van der Waals surface area contributed by atoms with Gasteiger partial charge in [-0.3, -0.25) is 9.59 Å². The third-order valence-electron chi connectivity index (χ3n) is 15.3. The highest BCUT2D eigenvalue weighted by Crippen LogP contribution is 2.16. The molecule has 0 aromatic heterocycles. The van der Waals surface area contributed by atoms with Gasteiger partial charge in [-0.1, -0.05) is 208 Å². The summed E-state index contributed by atoms with van der Waals surface area (Å²) in [6.45, 7) is 31.0. The molecule has 0 saturated heterocycles. The van der Waals surface area contributed by atoms with Crippen LogP contribution < -0.4 is 0 Å². The monoisotopic (exact) mass is 1160 g/mol. The molecule has 0 saturated carbocycles. The maximum absolute atomic E-state index is 12.2. The lowest BCUT2D eigenvalue weighted by molar-refractivity contribution is -0.149. The highest BCUT2D eigenvalue weighted by atomic mass is 16.5. The molecule has 6 atom stereocenters. The lowest BCUT2D eigenvalue weighted by Gasteiger charge is -2.23. The van der Waals surface area contributed by atoms with E-state index in [0.29, 0.717) is 12.8 Å². The lowest BCUT2D eigenvalue weighted by Crippen LogP contribution is -2.30. The number of carbonyl (C=O) groups is 2. The molecule has 0 aliphatic heterocycles. The van der Waals surface area contributed by atoms with Crippen LogP contribution in [0.1, 0.15) is 320 Å². The third kappa shape index (κ3) is 78.6. The second-order valence-electron chi connectivity index (χ2n) is 24.8. The first-order valence-electron chi connectivity index (χ1n) is 34.7. The van der Waals surface area contributed by atoms with E-state index in [1.54, 1.807) is 0 Å². The van der Waals surface area contributed by atoms with Crippen molar-refractivity contribution in [3.8, 4) is 0 Å². The molecule has 6 unspecified atom stereocenters. The van der Waals surface area contributed by atoms with Crippen LogP contribution in [-0.4, -0.2) is 169 Å². The van der Waals surface area contributed by atoms with E-state index in [9.17, 15) is 19.8 Å². The summed E-state index contributed by atoms with van der Waals surface area (Å²) in [7, 11) is 6.19. The van der Waals surface area contributed by atoms with Crippen LogP contribution in [0.3, 0.4) is 0 Å². The molecule has 0 aliphatic rings. The van der Waals surface area contributed by atoms with Gasteiger partial charge in [-0.2, -0.15) is 0 Å². The summed E-state index contributed by atoms with van der Waals surface area (Å²) in [5.74, 6) is -0.115. The molecule has 0 heterocycles. The average Bonchev–Trinajstić information content (AvgIpc) is 3.42. The normalized spacial score (nSPS) is 13.7. The molecular formula is C69H146N4O8. The van der Waals surface area contributed by atoms with E-state index in [2.05, 4.69) is 75.4 Å². The Hall–Kier alpha value is -1.38. The molecule has 12 heteroatoms. The Labute approximate surface area is 505 Å². The summed E-state index contributed by atoms with van der Waals surface area (Å²) in [6, 6.07) is 0. The van der Waals surface area contributed by atoms with Crippen molar-refractivity contribution >= 4 is 11.9 Å². The summed E-state index contributed by atoms with van der Waals surface area (Å²) >= 11 is 0. The van der Waals surface area contributed by atoms with Gasteiger partial charge in [0.05, 0.1) is 24.4 Å². The molecule has 12 nitrogen and oxygen atoms in total. The largest absolute Gasteiger partial charge is 0.463 e. The number of aliphatic hydroxyl groups excluding tert-OH is 4. The van der Waals surface area contributed by atoms with Crippen LogP contribution in [-0.2, 0) is 19.1 Å². The van der Waals surface area contributed by atoms with Crippen LogP contribution in [0.25, 0.3) is 0 Å². The van der Waals surface area contributed by atoms with Gasteiger partial charge in [-0.15, -0.1) is 0 Å². The summed E-state index contributed by atoms with van der Waals surface area (Å²) in [5.41, 5.74) is 0. The quantitative estimate of drug-likeness (QED) is 0.0340. The van der Waals surface area contributed by atoms with Crippen LogP contribution in [0.4, 0.5) is 0 Å². The van der Waals surface area contributed by atoms with Gasteiger partial charge in [-0.05, 0) is 140 Å². The van der Waals surface area contributed by atoms with E-state index in [0.717, 1.165) is 123 Å². The lowest BCUT2D eigenvalue weighted by atomic mass is 10.1. The number of hydrogen-bond acceptors (Lipinski definition) is 12. The molecule has 0 radical (unpaired) electrons. The fourth-order valence-corrected chi connectivity index (χ4v) is 9.18. The zero-order valence-corrected chi connectivity index (χ0v) is 56.9. The Morgan fingerprint density at radius 2 is 0.568 bits per heavy atom. The summed E-state index contributed by atoms with van der Waals surface area (Å²) < 4.78 is 11.2. The number of unbranched alkanes of at least 4 members (excludes halogenated alkanes) is 27. The highest BCUT2D eigenvalue weighted by molar-refractivity contribution is 5.69. The van der Waals surface area contributed by atoms with E-state index >= 15 is 0 Å². The van der Waals surface area contributed by atoms with E-state index in [1.165, 1.54) is 167 Å². The number of esters is 2. The van der Waals surface area contributed by atoms with Crippen molar-refractivity contribution in [1.29, 1.82) is 0 Å². The van der Waals surface area contributed by atoms with Crippen LogP contribution in [0.5, 0.6) is 0 Å². The highest BCUT2D eigenvalue weighted by Gasteiger charge is 2.14. The molecule has 0 aromatic carbocycles. The van der Waals surface area contributed by atoms with Crippen LogP contribution in [0.15, 0.2) is 0 Å². The van der Waals surface area contributed by atoms with Crippen molar-refractivity contribution in [2.24, 2.45) is 0 Å². The van der Waals surface area contributed by atoms with Gasteiger partial charge in [0.1, 0.15) is 12.2 Å². The Balaban J connectivity index is -0.000000600. The number of rotatable bonds is 55. The minimum absolute atomic E-state index is 0.0577. The first kappa shape index (κ1) is 86.1. The summed E-state index contributed by atoms with van der Waals surface area (Å²) in [6.07, 6.45) is 44.1. The number of aliphatic hydroxyl groups is 4. The fraction of sp³-hybridized carbons (Fsp3) is 0.971. The second-order valence-corrected chi connectivity index (χ2v) is 24.8. The molecule has 81 heavy (non-hydrogen) atoms. The zero-order valence-electron chi connectivity index (χ0n) is 56.9. The third-order valence-corrected chi connectivity index (χ3v) is 15.3. The summed E-state index contributed by atoms with van der Waals surface area (Å²) in [5, 5.41) is 37.1. The zero-order chi connectivity index (χ0) is 61.6. The molecule has 4 N–H and O–H groups in total. The van der Waals surface area contributed by atoms with E-state index in [-0.39, 0.29) is 48.6 Å². The van der Waals surface area contributed by atoms with Crippen molar-refractivity contribution < 1.29 is 39.5 Å². The van der Waals surface area contributed by atoms with Crippen molar-refractivity contribution in [3.63, 3.8) is 0 Å². The SMILES string of the molecule is CCCCCCCCCCCCC(=O)OC(C)CCN(C)CCC(C)OC(=O)CCCCCCCCCCCC.CCCCCCCCCCCCN(CCC(C)O)CCC(C)O.CCN(C)C.CCN(CCC(C)O)CCC(C)O. The van der Waals surface area contributed by atoms with Crippen LogP contribution in [0.2, 0.25) is 0 Å². The first-order valence-corrected chi connectivity index (χ1v) is 34.7. The Kier molecular flexibility index (Phi) is 72.0. The molecule has 0 rings (SSSR count). The van der Waals surface area contributed by atoms with Crippen LogP contribution >= 0.6 is 0 Å². The molecule has 0 aliphatic carbocycles. The Morgan fingerprint density at radius 1 is 0.321 bits per heavy atom. The van der Waals surface area contributed by atoms with Gasteiger partial charge >= 0.3 is 11.9 Å². The number of hydrogen-bond donors (Lipinski definition) is 4. The Bertz CT molecular complexity index is 1150. The molecule has 490 valence electrons. The average molecular weight is 1160 g/mol. The number of nitrogens with zero attached hydrogens (tertiary/aromatic N) is 4. The van der Waals surface area contributed by atoms with Crippen molar-refractivity contribution in [2.75, 3.05) is 80.0 Å². The van der Waals surface area contributed by atoms with E-state index < -0.39 is 0 Å². The van der Waals surface area contributed by atoms with Gasteiger partial charge in [-0.25, -0.2) is 0 Å². The van der Waals surface area contributed by atoms with Crippen LogP contribution in [0, 0.1) is 0 Å². The molecular weight excluding hydrogens is 1010 g/mol. The smallest absolute Gasteiger partial charge is 0.306 e. The van der Waals surface area contributed by atoms with Crippen molar-refractivity contribution in [2.45, 2.75) is 357 Å². The van der Waals surface area contributed by atoms with E-state index in [1.807, 2.05) is 41.5 Å². The molecule has 0 aromatic rings. The molecule has 0 fully saturated rings. The maximum atomic E-state index is 12.2. The first-order chi connectivity index (χ1) is 38.8. The second kappa shape index (κ2) is 67.7. The standard InChI is InChI=1S/C35H69NO4.C20H43NO2.C10H23NO2.C4H11N/c1-6-8-10-12-14-16-18-20-22-24-26-34(37)39-32(3)28-30-36(5)31-29-33(4)40-35(38)27-25-23-21-19-17-15-13-11-9-7-2;1-4-5-6-7-8-9-10-11-12-13-16-21(17-14-19(2)22)18-15-20(3)23;1-4-11(7-5-9(2)12)8-6-10(3)13;1-4-5(2)3/h32-33H,6-31H2,1-5H3;19-20,22-23H,4-18H2,1-3H3;9-10,12-13H,4-8H2,1-3H3;4H2,1-3H3. The minimum atomic E-state index is -0.225. The van der Waals surface area contributed by atoms with Crippen molar-refractivity contribution in [1.82, 2.24) is 19.6 Å². The topological polar surface area (TPSA) is 146 Å². The van der Waals surface area contributed by atoms with Gasteiger partial charge in [0.15, 0.2) is 0 Å². The van der Waals surface area contributed by atoms with Gasteiger partial charge in [0.25, 0.3) is 0 Å². The maximum Gasteiger partial charge on any atom is 0.306 e. The fourth-order valence-electron chi connectivity index (χ4n) is 9.18. The molecule has 0 amide bonds. The predicted molar refractivity (Wildman–Crippen MR) is 351 cm³/mol. The van der Waals surface area contributed by atoms with Gasteiger partial charge < -0.3 is 49.5 Å². The predicted octanol–water partition coefficient (Wildman–Crippen LogP) is 16.4.